The third-order valence-electron chi connectivity index (χ3n) is 2.72. The molecule has 0 fully saturated rings. The van der Waals surface area contributed by atoms with E-state index in [4.69, 9.17) is 16.7 Å². The van der Waals surface area contributed by atoms with Crippen LogP contribution < -0.4 is 0 Å². The van der Waals surface area contributed by atoms with Gasteiger partial charge in [-0.3, -0.25) is 0 Å². The SMILES string of the molecule is Fc1cccc2c1[nH]c(=S)n2CCc1ncno1. The molecule has 1 aromatic carbocycles. The lowest BCUT2D eigenvalue weighted by molar-refractivity contribution is 0.371. The van der Waals surface area contributed by atoms with E-state index in [1.807, 2.05) is 10.6 Å². The van der Waals surface area contributed by atoms with E-state index in [0.29, 0.717) is 29.1 Å². The second-order valence-corrected chi connectivity index (χ2v) is 4.19. The molecule has 2 aromatic heterocycles. The molecule has 3 rings (SSSR count). The fourth-order valence-electron chi connectivity index (χ4n) is 1.88. The van der Waals surface area contributed by atoms with E-state index < -0.39 is 0 Å². The molecule has 0 atom stereocenters. The highest BCUT2D eigenvalue weighted by Crippen LogP contribution is 2.17. The van der Waals surface area contributed by atoms with Crippen molar-refractivity contribution >= 4 is 23.3 Å². The minimum absolute atomic E-state index is 0.310. The molecule has 0 saturated heterocycles. The van der Waals surface area contributed by atoms with Gasteiger partial charge in [0.05, 0.1) is 5.52 Å². The van der Waals surface area contributed by atoms with Crippen molar-refractivity contribution in [3.8, 4) is 0 Å². The fraction of sp³-hybridized carbons (Fsp3) is 0.182. The summed E-state index contributed by atoms with van der Waals surface area (Å²) in [6.07, 6.45) is 1.90. The number of imidazole rings is 1. The van der Waals surface area contributed by atoms with Gasteiger partial charge >= 0.3 is 0 Å². The molecule has 0 saturated carbocycles. The van der Waals surface area contributed by atoms with E-state index in [9.17, 15) is 4.39 Å². The molecule has 18 heavy (non-hydrogen) atoms. The average molecular weight is 264 g/mol. The zero-order chi connectivity index (χ0) is 12.5. The van der Waals surface area contributed by atoms with Gasteiger partial charge in [-0.15, -0.1) is 0 Å². The molecule has 0 radical (unpaired) electrons. The van der Waals surface area contributed by atoms with Crippen molar-refractivity contribution in [3.63, 3.8) is 0 Å². The summed E-state index contributed by atoms with van der Waals surface area (Å²) < 4.78 is 20.8. The smallest absolute Gasteiger partial charge is 0.228 e. The van der Waals surface area contributed by atoms with Crippen LogP contribution in [0.3, 0.4) is 0 Å². The first-order valence-corrected chi connectivity index (χ1v) is 5.79. The molecule has 0 aliphatic rings. The topological polar surface area (TPSA) is 59.6 Å². The Bertz CT molecular complexity index is 731. The summed E-state index contributed by atoms with van der Waals surface area (Å²) in [7, 11) is 0. The summed E-state index contributed by atoms with van der Waals surface area (Å²) in [5, 5.41) is 3.53. The van der Waals surface area contributed by atoms with E-state index in [0.717, 1.165) is 5.52 Å². The summed E-state index contributed by atoms with van der Waals surface area (Å²) in [5.41, 5.74) is 1.16. The molecule has 0 aliphatic carbocycles. The Morgan fingerprint density at radius 1 is 1.44 bits per heavy atom. The van der Waals surface area contributed by atoms with Gasteiger partial charge in [-0.05, 0) is 24.4 Å². The largest absolute Gasteiger partial charge is 0.340 e. The van der Waals surface area contributed by atoms with Crippen LogP contribution in [0.1, 0.15) is 5.89 Å². The number of fused-ring (bicyclic) bond motifs is 1. The van der Waals surface area contributed by atoms with Gasteiger partial charge in [-0.2, -0.15) is 4.98 Å². The number of aromatic amines is 1. The van der Waals surface area contributed by atoms with E-state index in [1.54, 1.807) is 6.07 Å². The lowest BCUT2D eigenvalue weighted by Crippen LogP contribution is -2.01. The molecule has 3 aromatic rings. The van der Waals surface area contributed by atoms with Crippen LogP contribution in [-0.4, -0.2) is 19.7 Å². The van der Waals surface area contributed by atoms with E-state index in [-0.39, 0.29) is 5.82 Å². The maximum atomic E-state index is 13.6. The van der Waals surface area contributed by atoms with Gasteiger partial charge < -0.3 is 14.1 Å². The number of halogens is 1. The maximum absolute atomic E-state index is 13.6. The third-order valence-corrected chi connectivity index (χ3v) is 3.04. The zero-order valence-electron chi connectivity index (χ0n) is 9.26. The van der Waals surface area contributed by atoms with Crippen LogP contribution in [0, 0.1) is 10.6 Å². The lowest BCUT2D eigenvalue weighted by atomic mass is 10.3. The molecule has 92 valence electrons. The molecule has 5 nitrogen and oxygen atoms in total. The van der Waals surface area contributed by atoms with Gasteiger partial charge in [0.25, 0.3) is 0 Å². The molecule has 2 heterocycles. The number of nitrogens with zero attached hydrogens (tertiary/aromatic N) is 3. The Balaban J connectivity index is 1.99. The number of hydrogen-bond acceptors (Lipinski definition) is 4. The Morgan fingerprint density at radius 3 is 3.11 bits per heavy atom. The van der Waals surface area contributed by atoms with Crippen molar-refractivity contribution in [2.45, 2.75) is 13.0 Å². The van der Waals surface area contributed by atoms with Gasteiger partial charge in [0.15, 0.2) is 11.1 Å². The number of H-pyrrole nitrogens is 1. The number of aryl methyl sites for hydroxylation is 2. The van der Waals surface area contributed by atoms with Gasteiger partial charge in [0, 0.05) is 13.0 Å². The zero-order valence-corrected chi connectivity index (χ0v) is 10.1. The molecule has 1 N–H and O–H groups in total. The number of para-hydroxylation sites is 1. The molecule has 7 heteroatoms. The quantitative estimate of drug-likeness (QED) is 0.738. The van der Waals surface area contributed by atoms with Crippen molar-refractivity contribution in [2.75, 3.05) is 0 Å². The minimum Gasteiger partial charge on any atom is -0.340 e. The lowest BCUT2D eigenvalue weighted by Gasteiger charge is -2.01. The number of aromatic nitrogens is 4. The van der Waals surface area contributed by atoms with E-state index >= 15 is 0 Å². The van der Waals surface area contributed by atoms with Crippen molar-refractivity contribution in [1.29, 1.82) is 0 Å². The highest BCUT2D eigenvalue weighted by molar-refractivity contribution is 7.71. The minimum atomic E-state index is -0.310. The maximum Gasteiger partial charge on any atom is 0.228 e. The summed E-state index contributed by atoms with van der Waals surface area (Å²) in [4.78, 5) is 6.80. The Morgan fingerprint density at radius 2 is 2.33 bits per heavy atom. The van der Waals surface area contributed by atoms with Crippen LogP contribution >= 0.6 is 12.2 Å². The predicted molar refractivity (Wildman–Crippen MR) is 65.1 cm³/mol. The second kappa shape index (κ2) is 4.34. The summed E-state index contributed by atoms with van der Waals surface area (Å²) in [6.45, 7) is 0.560. The molecular weight excluding hydrogens is 255 g/mol. The van der Waals surface area contributed by atoms with Crippen LogP contribution in [0.4, 0.5) is 4.39 Å². The van der Waals surface area contributed by atoms with Crippen LogP contribution in [0.5, 0.6) is 0 Å². The van der Waals surface area contributed by atoms with Gasteiger partial charge in [0.1, 0.15) is 11.3 Å². The fourth-order valence-corrected chi connectivity index (χ4v) is 2.17. The number of hydrogen-bond donors (Lipinski definition) is 1. The van der Waals surface area contributed by atoms with E-state index in [1.165, 1.54) is 12.4 Å². The van der Waals surface area contributed by atoms with Crippen molar-refractivity contribution in [1.82, 2.24) is 19.7 Å². The highest BCUT2D eigenvalue weighted by Gasteiger charge is 2.09. The van der Waals surface area contributed by atoms with Gasteiger partial charge in [-0.25, -0.2) is 4.39 Å². The predicted octanol–water partition coefficient (Wildman–Crippen LogP) is 2.46. The first-order chi connectivity index (χ1) is 8.75. The third kappa shape index (κ3) is 1.82. The molecule has 0 spiro atoms. The highest BCUT2D eigenvalue weighted by atomic mass is 32.1. The first kappa shape index (κ1) is 11.1. The molecule has 0 unspecified atom stereocenters. The van der Waals surface area contributed by atoms with Crippen LogP contribution in [-0.2, 0) is 13.0 Å². The Hall–Kier alpha value is -2.02. The second-order valence-electron chi connectivity index (χ2n) is 3.80. The normalized spacial score (nSPS) is 11.2. The van der Waals surface area contributed by atoms with Crippen LogP contribution in [0.15, 0.2) is 29.0 Å². The molecule has 0 amide bonds. The van der Waals surface area contributed by atoms with Crippen LogP contribution in [0.2, 0.25) is 0 Å². The Kier molecular flexibility index (Phi) is 2.67. The van der Waals surface area contributed by atoms with Crippen molar-refractivity contribution in [3.05, 3.63) is 41.0 Å². The molecule has 0 aliphatic heterocycles. The average Bonchev–Trinajstić information content (AvgIpc) is 2.95. The standard InChI is InChI=1S/C11H9FN4OS/c12-7-2-1-3-8-10(7)15-11(18)16(8)5-4-9-13-6-14-17-9/h1-3,6H,4-5H2,(H,15,18). The van der Waals surface area contributed by atoms with Crippen LogP contribution in [0.25, 0.3) is 11.0 Å². The monoisotopic (exact) mass is 264 g/mol. The number of benzene rings is 1. The van der Waals surface area contributed by atoms with E-state index in [2.05, 4.69) is 15.1 Å². The van der Waals surface area contributed by atoms with Gasteiger partial charge in [0.2, 0.25) is 5.89 Å². The van der Waals surface area contributed by atoms with Gasteiger partial charge in [-0.1, -0.05) is 11.2 Å². The Labute approximate surface area is 106 Å². The number of nitrogens with one attached hydrogen (secondary N) is 1. The number of rotatable bonds is 3. The van der Waals surface area contributed by atoms with Crippen molar-refractivity contribution in [2.24, 2.45) is 0 Å². The summed E-state index contributed by atoms with van der Waals surface area (Å²) in [5.74, 6) is 0.220. The van der Waals surface area contributed by atoms with Crippen molar-refractivity contribution < 1.29 is 8.91 Å². The summed E-state index contributed by atoms with van der Waals surface area (Å²) >= 11 is 5.18. The molecular formula is C11H9FN4OS. The molecule has 0 bridgehead atoms. The summed E-state index contributed by atoms with van der Waals surface area (Å²) in [6, 6.07) is 4.87. The first-order valence-electron chi connectivity index (χ1n) is 5.38.